The van der Waals surface area contributed by atoms with Crippen LogP contribution in [0, 0.1) is 0 Å². The number of benzene rings is 4. The van der Waals surface area contributed by atoms with Crippen molar-refractivity contribution in [1.82, 2.24) is 30.6 Å². The molecule has 4 heterocycles. The number of urea groups is 2. The van der Waals surface area contributed by atoms with Gasteiger partial charge in [0.2, 0.25) is 19.7 Å². The molecular weight excluding hydrogens is 765 g/mol. The summed E-state index contributed by atoms with van der Waals surface area (Å²) in [5.41, 5.74) is 5.61. The third kappa shape index (κ3) is 9.22. The molecule has 0 fully saturated rings. The van der Waals surface area contributed by atoms with E-state index in [4.69, 9.17) is 4.52 Å². The molecule has 0 atom stereocenters. The third-order valence-electron chi connectivity index (χ3n) is 9.72. The van der Waals surface area contributed by atoms with Gasteiger partial charge in [0.25, 0.3) is 0 Å². The summed E-state index contributed by atoms with van der Waals surface area (Å²) in [4.78, 5) is 33.6. The predicted molar refractivity (Wildman–Crippen MR) is 210 cm³/mol. The molecule has 4 amide bonds. The van der Waals surface area contributed by atoms with E-state index < -0.39 is 19.7 Å². The molecule has 292 valence electrons. The number of carbonyl (C=O) groups excluding carboxylic acids is 2. The Morgan fingerprint density at radius 2 is 1.05 bits per heavy atom. The summed E-state index contributed by atoms with van der Waals surface area (Å²) in [7, 11) is -7.07. The number of aromatic nitrogens is 2. The Bertz CT molecular complexity index is 2550. The molecule has 2 aromatic heterocycles. The third-order valence-corrected chi connectivity index (χ3v) is 13.3. The Hall–Kier alpha value is -6.32. The van der Waals surface area contributed by atoms with Gasteiger partial charge in [-0.15, -0.1) is 0 Å². The second-order valence-electron chi connectivity index (χ2n) is 13.5. The molecule has 2 N–H and O–H groups in total. The average Bonchev–Trinajstić information content (AvgIpc) is 3.74. The van der Waals surface area contributed by atoms with E-state index >= 15 is 0 Å². The van der Waals surface area contributed by atoms with Crippen molar-refractivity contribution < 1.29 is 30.9 Å². The van der Waals surface area contributed by atoms with Gasteiger partial charge in [0.05, 0.1) is 44.1 Å². The standard InChI is InChI=1S/C22H21N3O3S.C20H19N3O4S/c26-22(25-14-12-18-5-4-13-23-21(18)16-25)24-15-17-8-10-20(11-9-17)29(27,28)19-6-2-1-3-7-19;24-20(23-11-10-19-16(13-23)14-27-22-19)21-12-15-6-8-18(9-7-15)28(25,26)17-4-2-1-3-5-17/h1-11,13H,12,14-16H2,(H,24,26);1-9,14H,10-13H2,(H,21,24). The summed E-state index contributed by atoms with van der Waals surface area (Å²) in [6.07, 6.45) is 4.78. The molecule has 15 heteroatoms. The van der Waals surface area contributed by atoms with Gasteiger partial charge >= 0.3 is 12.1 Å². The summed E-state index contributed by atoms with van der Waals surface area (Å²) >= 11 is 0. The van der Waals surface area contributed by atoms with Crippen LogP contribution >= 0.6 is 0 Å². The number of nitrogens with zero attached hydrogens (tertiary/aromatic N) is 4. The predicted octanol–water partition coefficient (Wildman–Crippen LogP) is 5.96. The lowest BCUT2D eigenvalue weighted by Crippen LogP contribution is -2.42. The molecule has 0 saturated carbocycles. The van der Waals surface area contributed by atoms with Crippen molar-refractivity contribution in [3.8, 4) is 0 Å². The van der Waals surface area contributed by atoms with Crippen LogP contribution < -0.4 is 10.6 Å². The van der Waals surface area contributed by atoms with Crippen molar-refractivity contribution >= 4 is 31.7 Å². The molecule has 0 unspecified atom stereocenters. The summed E-state index contributed by atoms with van der Waals surface area (Å²) in [6, 6.07) is 33.4. The smallest absolute Gasteiger partial charge is 0.318 e. The van der Waals surface area contributed by atoms with E-state index in [2.05, 4.69) is 20.8 Å². The lowest BCUT2D eigenvalue weighted by molar-refractivity contribution is 0.190. The molecule has 57 heavy (non-hydrogen) atoms. The Balaban J connectivity index is 0.000000174. The number of pyridine rings is 1. The second-order valence-corrected chi connectivity index (χ2v) is 17.4. The summed E-state index contributed by atoms with van der Waals surface area (Å²) in [5, 5.41) is 9.68. The van der Waals surface area contributed by atoms with E-state index in [1.807, 2.05) is 12.1 Å². The number of amides is 4. The van der Waals surface area contributed by atoms with Crippen LogP contribution in [0.15, 0.2) is 158 Å². The largest absolute Gasteiger partial charge is 0.364 e. The maximum Gasteiger partial charge on any atom is 0.318 e. The van der Waals surface area contributed by atoms with Crippen molar-refractivity contribution in [2.75, 3.05) is 13.1 Å². The van der Waals surface area contributed by atoms with Crippen LogP contribution in [-0.2, 0) is 58.7 Å². The SMILES string of the molecule is O=C(NCc1ccc(S(=O)(=O)c2ccccc2)cc1)N1CCc2cccnc2C1.O=C(NCc1ccc(S(=O)(=O)c2ccccc2)cc1)N1CCc2nocc2C1. The summed E-state index contributed by atoms with van der Waals surface area (Å²) in [6.45, 7) is 2.85. The molecule has 13 nitrogen and oxygen atoms in total. The fourth-order valence-electron chi connectivity index (χ4n) is 6.47. The van der Waals surface area contributed by atoms with E-state index in [1.165, 1.54) is 5.56 Å². The lowest BCUT2D eigenvalue weighted by atomic mass is 10.1. The van der Waals surface area contributed by atoms with E-state index in [0.717, 1.165) is 34.5 Å². The number of rotatable bonds is 8. The molecule has 0 spiro atoms. The number of sulfone groups is 2. The van der Waals surface area contributed by atoms with Gasteiger partial charge in [-0.05, 0) is 77.7 Å². The van der Waals surface area contributed by atoms with Crippen LogP contribution in [0.25, 0.3) is 0 Å². The van der Waals surface area contributed by atoms with Gasteiger partial charge in [0.15, 0.2) is 0 Å². The maximum atomic E-state index is 12.6. The Morgan fingerprint density at radius 3 is 1.60 bits per heavy atom. The number of fused-ring (bicyclic) bond motifs is 2. The van der Waals surface area contributed by atoms with E-state index in [0.29, 0.717) is 45.7 Å². The monoisotopic (exact) mass is 804 g/mol. The van der Waals surface area contributed by atoms with Gasteiger partial charge in [-0.25, -0.2) is 26.4 Å². The van der Waals surface area contributed by atoms with E-state index in [-0.39, 0.29) is 31.6 Å². The second kappa shape index (κ2) is 17.2. The normalized spacial score (nSPS) is 13.7. The molecular formula is C42H40N6O7S2. The van der Waals surface area contributed by atoms with E-state index in [9.17, 15) is 26.4 Å². The topological polar surface area (TPSA) is 172 Å². The van der Waals surface area contributed by atoms with E-state index in [1.54, 1.807) is 131 Å². The van der Waals surface area contributed by atoms with Crippen LogP contribution in [0.5, 0.6) is 0 Å². The zero-order valence-corrected chi connectivity index (χ0v) is 32.5. The molecule has 4 aromatic carbocycles. The zero-order valence-electron chi connectivity index (χ0n) is 30.8. The first-order valence-electron chi connectivity index (χ1n) is 18.3. The van der Waals surface area contributed by atoms with Gasteiger partial charge in [-0.2, -0.15) is 0 Å². The van der Waals surface area contributed by atoms with Crippen molar-refractivity contribution in [1.29, 1.82) is 0 Å². The van der Waals surface area contributed by atoms with Crippen LogP contribution in [-0.4, -0.2) is 61.9 Å². The lowest BCUT2D eigenvalue weighted by Gasteiger charge is -2.28. The average molecular weight is 805 g/mol. The highest BCUT2D eigenvalue weighted by atomic mass is 32.2. The molecule has 0 saturated heterocycles. The first-order valence-corrected chi connectivity index (χ1v) is 21.2. The number of hydrogen-bond acceptors (Lipinski definition) is 9. The fourth-order valence-corrected chi connectivity index (χ4v) is 9.03. The molecule has 0 bridgehead atoms. The molecule has 6 aromatic rings. The first-order chi connectivity index (χ1) is 27.6. The minimum absolute atomic E-state index is 0.151. The van der Waals surface area contributed by atoms with Crippen molar-refractivity contribution in [2.24, 2.45) is 0 Å². The van der Waals surface area contributed by atoms with Gasteiger partial charge in [0, 0.05) is 44.4 Å². The quantitative estimate of drug-likeness (QED) is 0.189. The summed E-state index contributed by atoms with van der Waals surface area (Å²) < 4.78 is 55.4. The van der Waals surface area contributed by atoms with Crippen LogP contribution in [0.3, 0.4) is 0 Å². The highest BCUT2D eigenvalue weighted by Gasteiger charge is 2.24. The highest BCUT2D eigenvalue weighted by molar-refractivity contribution is 7.91. The van der Waals surface area contributed by atoms with Gasteiger partial charge in [0.1, 0.15) is 6.26 Å². The molecule has 0 aliphatic carbocycles. The zero-order chi connectivity index (χ0) is 39.8. The van der Waals surface area contributed by atoms with Crippen LogP contribution in [0.1, 0.15) is 33.6 Å². The highest BCUT2D eigenvalue weighted by Crippen LogP contribution is 2.23. The van der Waals surface area contributed by atoms with Gasteiger partial charge in [-0.3, -0.25) is 4.98 Å². The Morgan fingerprint density at radius 1 is 0.561 bits per heavy atom. The van der Waals surface area contributed by atoms with Crippen molar-refractivity contribution in [3.05, 3.63) is 167 Å². The maximum absolute atomic E-state index is 12.6. The molecule has 0 radical (unpaired) electrons. The minimum Gasteiger partial charge on any atom is -0.364 e. The Kier molecular flexibility index (Phi) is 11.8. The van der Waals surface area contributed by atoms with Crippen molar-refractivity contribution in [3.63, 3.8) is 0 Å². The molecule has 2 aliphatic rings. The van der Waals surface area contributed by atoms with Gasteiger partial charge in [-0.1, -0.05) is 71.9 Å². The molecule has 8 rings (SSSR count). The number of nitrogens with one attached hydrogen (secondary N) is 2. The minimum atomic E-state index is -3.54. The van der Waals surface area contributed by atoms with Crippen LogP contribution in [0.2, 0.25) is 0 Å². The number of hydrogen-bond donors (Lipinski definition) is 2. The number of carbonyl (C=O) groups is 2. The summed E-state index contributed by atoms with van der Waals surface area (Å²) in [5.74, 6) is 0. The fraction of sp³-hybridized carbons (Fsp3) is 0.190. The first kappa shape index (κ1) is 38.9. The molecule has 2 aliphatic heterocycles. The van der Waals surface area contributed by atoms with Gasteiger partial charge < -0.3 is 25.0 Å². The van der Waals surface area contributed by atoms with Crippen molar-refractivity contribution in [2.45, 2.75) is 58.6 Å². The Labute approximate surface area is 331 Å². The van der Waals surface area contributed by atoms with Crippen LogP contribution in [0.4, 0.5) is 9.59 Å².